The second-order valence-electron chi connectivity index (χ2n) is 3.51. The molecule has 0 unspecified atom stereocenters. The molecule has 2 aromatic rings. The zero-order chi connectivity index (χ0) is 12.3. The molecule has 0 fully saturated rings. The summed E-state index contributed by atoms with van der Waals surface area (Å²) in [6.45, 7) is 0. The second-order valence-corrected chi connectivity index (χ2v) is 4.38. The van der Waals surface area contributed by atoms with Crippen LogP contribution in [0.25, 0.3) is 0 Å². The topological polar surface area (TPSA) is 21.3 Å². The molecule has 0 saturated carbocycles. The summed E-state index contributed by atoms with van der Waals surface area (Å²) in [6, 6.07) is 12.9. The maximum Gasteiger partial charge on any atom is 0.119 e. The molecule has 0 aliphatic carbocycles. The Morgan fingerprint density at radius 3 is 2.00 bits per heavy atom. The monoisotopic (exact) mass is 267 g/mol. The molecule has 0 aliphatic rings. The van der Waals surface area contributed by atoms with Crippen LogP contribution in [-0.2, 0) is 0 Å². The summed E-state index contributed by atoms with van der Waals surface area (Å²) < 4.78 is 5.09. The molecular formula is C13H11Cl2NO. The summed E-state index contributed by atoms with van der Waals surface area (Å²) in [6.07, 6.45) is 0. The van der Waals surface area contributed by atoms with Crippen LogP contribution in [0, 0.1) is 0 Å². The van der Waals surface area contributed by atoms with Crippen LogP contribution in [0.4, 0.5) is 11.4 Å². The van der Waals surface area contributed by atoms with E-state index in [1.165, 1.54) is 0 Å². The smallest absolute Gasteiger partial charge is 0.119 e. The van der Waals surface area contributed by atoms with Crippen LogP contribution in [-0.4, -0.2) is 7.11 Å². The molecule has 0 heterocycles. The fourth-order valence-corrected chi connectivity index (χ4v) is 1.99. The Bertz CT molecular complexity index is 491. The van der Waals surface area contributed by atoms with Crippen LogP contribution in [0.15, 0.2) is 42.5 Å². The fourth-order valence-electron chi connectivity index (χ4n) is 1.47. The van der Waals surface area contributed by atoms with Crippen molar-refractivity contribution < 1.29 is 4.74 Å². The highest BCUT2D eigenvalue weighted by Crippen LogP contribution is 2.26. The zero-order valence-electron chi connectivity index (χ0n) is 9.21. The summed E-state index contributed by atoms with van der Waals surface area (Å²) in [4.78, 5) is 0. The van der Waals surface area contributed by atoms with Crippen LogP contribution in [0.2, 0.25) is 10.0 Å². The second kappa shape index (κ2) is 5.30. The molecule has 0 saturated heterocycles. The fraction of sp³-hybridized carbons (Fsp3) is 0.0769. The van der Waals surface area contributed by atoms with E-state index in [-0.39, 0.29) is 0 Å². The first kappa shape index (κ1) is 12.1. The highest BCUT2D eigenvalue weighted by atomic mass is 35.5. The quantitative estimate of drug-likeness (QED) is 0.867. The number of anilines is 2. The molecule has 0 aromatic heterocycles. The highest BCUT2D eigenvalue weighted by molar-refractivity contribution is 6.35. The van der Waals surface area contributed by atoms with Gasteiger partial charge in [0.15, 0.2) is 0 Å². The van der Waals surface area contributed by atoms with Gasteiger partial charge >= 0.3 is 0 Å². The number of ether oxygens (including phenoxy) is 1. The Morgan fingerprint density at radius 1 is 0.882 bits per heavy atom. The van der Waals surface area contributed by atoms with Crippen molar-refractivity contribution in [2.45, 2.75) is 0 Å². The lowest BCUT2D eigenvalue weighted by Gasteiger charge is -2.08. The maximum absolute atomic E-state index is 5.92. The summed E-state index contributed by atoms with van der Waals surface area (Å²) >= 11 is 11.8. The molecule has 2 aromatic carbocycles. The van der Waals surface area contributed by atoms with Crippen molar-refractivity contribution in [2.75, 3.05) is 12.4 Å². The van der Waals surface area contributed by atoms with Crippen molar-refractivity contribution >= 4 is 34.6 Å². The minimum atomic E-state index is 0.605. The molecule has 4 heteroatoms. The molecule has 0 atom stereocenters. The Morgan fingerprint density at radius 2 is 1.47 bits per heavy atom. The Labute approximate surface area is 110 Å². The van der Waals surface area contributed by atoms with Gasteiger partial charge in [-0.15, -0.1) is 0 Å². The van der Waals surface area contributed by atoms with Crippen molar-refractivity contribution in [3.05, 3.63) is 52.5 Å². The van der Waals surface area contributed by atoms with Crippen molar-refractivity contribution in [2.24, 2.45) is 0 Å². The zero-order valence-corrected chi connectivity index (χ0v) is 10.7. The Balaban J connectivity index is 2.19. The van der Waals surface area contributed by atoms with Gasteiger partial charge in [0.25, 0.3) is 0 Å². The van der Waals surface area contributed by atoms with Gasteiger partial charge in [0.1, 0.15) is 5.75 Å². The summed E-state index contributed by atoms with van der Waals surface area (Å²) in [7, 11) is 1.64. The molecule has 0 spiro atoms. The molecule has 1 N–H and O–H groups in total. The third kappa shape index (κ3) is 3.29. The molecule has 0 amide bonds. The minimum Gasteiger partial charge on any atom is -0.497 e. The lowest BCUT2D eigenvalue weighted by molar-refractivity contribution is 0.415. The Hall–Kier alpha value is -1.38. The largest absolute Gasteiger partial charge is 0.497 e. The number of nitrogens with one attached hydrogen (secondary N) is 1. The third-order valence-corrected chi connectivity index (χ3v) is 2.68. The number of methoxy groups -OCH3 is 1. The standard InChI is InChI=1S/C13H11Cl2NO/c1-17-13-4-2-11(3-5-13)16-12-7-9(14)6-10(15)8-12/h2-8,16H,1H3. The van der Waals surface area contributed by atoms with Crippen molar-refractivity contribution in [3.63, 3.8) is 0 Å². The highest BCUT2D eigenvalue weighted by Gasteiger charge is 1.99. The first-order valence-corrected chi connectivity index (χ1v) is 5.80. The normalized spacial score (nSPS) is 10.1. The lowest BCUT2D eigenvalue weighted by atomic mass is 10.2. The van der Waals surface area contributed by atoms with E-state index in [4.69, 9.17) is 27.9 Å². The van der Waals surface area contributed by atoms with Gasteiger partial charge < -0.3 is 10.1 Å². The summed E-state index contributed by atoms with van der Waals surface area (Å²) in [5, 5.41) is 4.42. The van der Waals surface area contributed by atoms with E-state index in [2.05, 4.69) is 5.32 Å². The molecule has 88 valence electrons. The van der Waals surface area contributed by atoms with Gasteiger partial charge in [0, 0.05) is 21.4 Å². The third-order valence-electron chi connectivity index (χ3n) is 2.24. The number of hydrogen-bond acceptors (Lipinski definition) is 2. The van der Waals surface area contributed by atoms with Gasteiger partial charge in [0.2, 0.25) is 0 Å². The van der Waals surface area contributed by atoms with Crippen molar-refractivity contribution in [1.82, 2.24) is 0 Å². The van der Waals surface area contributed by atoms with Gasteiger partial charge in [-0.1, -0.05) is 23.2 Å². The minimum absolute atomic E-state index is 0.605. The van der Waals surface area contributed by atoms with E-state index in [1.54, 1.807) is 13.2 Å². The predicted molar refractivity (Wildman–Crippen MR) is 72.7 cm³/mol. The van der Waals surface area contributed by atoms with Gasteiger partial charge in [-0.05, 0) is 42.5 Å². The molecule has 2 rings (SSSR count). The predicted octanol–water partition coefficient (Wildman–Crippen LogP) is 4.75. The van der Waals surface area contributed by atoms with E-state index in [1.807, 2.05) is 36.4 Å². The first-order valence-electron chi connectivity index (χ1n) is 5.04. The van der Waals surface area contributed by atoms with E-state index in [0.29, 0.717) is 10.0 Å². The van der Waals surface area contributed by atoms with Crippen LogP contribution >= 0.6 is 23.2 Å². The van der Waals surface area contributed by atoms with Crippen LogP contribution in [0.5, 0.6) is 5.75 Å². The van der Waals surface area contributed by atoms with Crippen LogP contribution in [0.1, 0.15) is 0 Å². The molecular weight excluding hydrogens is 257 g/mol. The number of hydrogen-bond donors (Lipinski definition) is 1. The van der Waals surface area contributed by atoms with Crippen LogP contribution in [0.3, 0.4) is 0 Å². The Kier molecular flexibility index (Phi) is 3.77. The molecule has 17 heavy (non-hydrogen) atoms. The molecule has 0 radical (unpaired) electrons. The number of rotatable bonds is 3. The molecule has 2 nitrogen and oxygen atoms in total. The average Bonchev–Trinajstić information content (AvgIpc) is 2.28. The van der Waals surface area contributed by atoms with Crippen molar-refractivity contribution in [3.8, 4) is 5.75 Å². The summed E-state index contributed by atoms with van der Waals surface area (Å²) in [5.74, 6) is 0.819. The van der Waals surface area contributed by atoms with E-state index >= 15 is 0 Å². The van der Waals surface area contributed by atoms with E-state index in [9.17, 15) is 0 Å². The maximum atomic E-state index is 5.92. The van der Waals surface area contributed by atoms with Crippen LogP contribution < -0.4 is 10.1 Å². The molecule has 0 bridgehead atoms. The average molecular weight is 268 g/mol. The summed E-state index contributed by atoms with van der Waals surface area (Å²) in [5.41, 5.74) is 1.80. The molecule has 0 aliphatic heterocycles. The van der Waals surface area contributed by atoms with Gasteiger partial charge in [-0.25, -0.2) is 0 Å². The van der Waals surface area contributed by atoms with Gasteiger partial charge in [-0.3, -0.25) is 0 Å². The SMILES string of the molecule is COc1ccc(Nc2cc(Cl)cc(Cl)c2)cc1. The number of halogens is 2. The van der Waals surface area contributed by atoms with Crippen molar-refractivity contribution in [1.29, 1.82) is 0 Å². The van der Waals surface area contributed by atoms with E-state index in [0.717, 1.165) is 17.1 Å². The van der Waals surface area contributed by atoms with Gasteiger partial charge in [-0.2, -0.15) is 0 Å². The van der Waals surface area contributed by atoms with Gasteiger partial charge in [0.05, 0.1) is 7.11 Å². The lowest BCUT2D eigenvalue weighted by Crippen LogP contribution is -1.90. The number of benzene rings is 2. The van der Waals surface area contributed by atoms with E-state index < -0.39 is 0 Å². The first-order chi connectivity index (χ1) is 8.17.